The predicted molar refractivity (Wildman–Crippen MR) is 139 cm³/mol. The smallest absolute Gasteiger partial charge is 0.257 e. The number of hydrogen-bond acceptors (Lipinski definition) is 5. The molecule has 190 valence electrons. The molecule has 0 aliphatic carbocycles. The first kappa shape index (κ1) is 23.7. The molecule has 3 heterocycles. The van der Waals surface area contributed by atoms with Gasteiger partial charge in [0.05, 0.1) is 18.3 Å². The molecule has 0 radical (unpaired) electrons. The number of fused-ring (bicyclic) bond motifs is 1. The van der Waals surface area contributed by atoms with Crippen molar-refractivity contribution in [3.63, 3.8) is 0 Å². The fourth-order valence-corrected chi connectivity index (χ4v) is 5.54. The minimum Gasteiger partial charge on any atom is -0.454 e. The van der Waals surface area contributed by atoms with Gasteiger partial charge < -0.3 is 9.47 Å². The van der Waals surface area contributed by atoms with Crippen LogP contribution in [-0.2, 0) is 11.2 Å². The summed E-state index contributed by atoms with van der Waals surface area (Å²) in [4.78, 5) is 15.8. The second-order valence-electron chi connectivity index (χ2n) is 10.0. The number of likely N-dealkylation sites (tertiary alicyclic amines) is 1. The molecule has 1 saturated heterocycles. The Labute approximate surface area is 216 Å². The monoisotopic (exact) mass is 499 g/mol. The second-order valence-corrected chi connectivity index (χ2v) is 10.0. The van der Waals surface area contributed by atoms with Crippen LogP contribution in [0.1, 0.15) is 42.0 Å². The summed E-state index contributed by atoms with van der Waals surface area (Å²) >= 11 is 0. The van der Waals surface area contributed by atoms with E-state index in [2.05, 4.69) is 34.3 Å². The van der Waals surface area contributed by atoms with E-state index in [1.54, 1.807) is 23.2 Å². The van der Waals surface area contributed by atoms with Crippen molar-refractivity contribution in [1.82, 2.24) is 9.91 Å². The Morgan fingerprint density at radius 2 is 1.70 bits per heavy atom. The van der Waals surface area contributed by atoms with Crippen molar-refractivity contribution in [2.45, 2.75) is 31.7 Å². The maximum Gasteiger partial charge on any atom is 0.257 e. The molecule has 6 nitrogen and oxygen atoms in total. The summed E-state index contributed by atoms with van der Waals surface area (Å²) in [5, 5.41) is 6.22. The van der Waals surface area contributed by atoms with Gasteiger partial charge in [-0.2, -0.15) is 5.10 Å². The highest BCUT2D eigenvalue weighted by atomic mass is 19.1. The van der Waals surface area contributed by atoms with Gasteiger partial charge in [0.1, 0.15) is 5.82 Å². The van der Waals surface area contributed by atoms with E-state index in [0.29, 0.717) is 41.7 Å². The number of ether oxygens (including phenoxy) is 2. The lowest BCUT2D eigenvalue weighted by Gasteiger charge is -2.33. The second kappa shape index (κ2) is 10.3. The van der Waals surface area contributed by atoms with Crippen molar-refractivity contribution in [2.75, 3.05) is 26.4 Å². The van der Waals surface area contributed by atoms with Crippen LogP contribution in [0.25, 0.3) is 0 Å². The Morgan fingerprint density at radius 1 is 0.946 bits per heavy atom. The van der Waals surface area contributed by atoms with Crippen molar-refractivity contribution in [3.8, 4) is 11.5 Å². The number of carbonyl (C=O) groups excluding carboxylic acids is 1. The first-order chi connectivity index (χ1) is 18.1. The summed E-state index contributed by atoms with van der Waals surface area (Å²) in [7, 11) is 0. The molecule has 0 unspecified atom stereocenters. The largest absolute Gasteiger partial charge is 0.454 e. The van der Waals surface area contributed by atoms with Gasteiger partial charge in [0, 0.05) is 12.0 Å². The van der Waals surface area contributed by atoms with Gasteiger partial charge in [-0.3, -0.25) is 9.69 Å². The summed E-state index contributed by atoms with van der Waals surface area (Å²) in [5.74, 6) is 1.57. The molecule has 0 spiro atoms. The SMILES string of the molecule is O=C(CN1CCC(Cc2ccccc2)CC1)N1N=C(c2ccccc2F)C[C@H]1c1ccc2c(c1)OCO2. The lowest BCUT2D eigenvalue weighted by molar-refractivity contribution is -0.134. The molecule has 0 saturated carbocycles. The number of benzene rings is 3. The summed E-state index contributed by atoms with van der Waals surface area (Å²) < 4.78 is 25.6. The van der Waals surface area contributed by atoms with Crippen molar-refractivity contribution in [3.05, 3.63) is 95.3 Å². The van der Waals surface area contributed by atoms with E-state index in [-0.39, 0.29) is 24.6 Å². The summed E-state index contributed by atoms with van der Waals surface area (Å²) in [5.41, 5.74) is 3.28. The van der Waals surface area contributed by atoms with Crippen molar-refractivity contribution in [1.29, 1.82) is 0 Å². The van der Waals surface area contributed by atoms with E-state index in [4.69, 9.17) is 9.47 Å². The van der Waals surface area contributed by atoms with Gasteiger partial charge in [-0.1, -0.05) is 54.6 Å². The van der Waals surface area contributed by atoms with Gasteiger partial charge in [0.15, 0.2) is 11.5 Å². The zero-order chi connectivity index (χ0) is 25.2. The molecular weight excluding hydrogens is 469 g/mol. The zero-order valence-electron chi connectivity index (χ0n) is 20.7. The number of nitrogens with zero attached hydrogens (tertiary/aromatic N) is 3. The molecule has 3 aliphatic heterocycles. The van der Waals surface area contributed by atoms with Crippen LogP contribution in [0.15, 0.2) is 77.9 Å². The lowest BCUT2D eigenvalue weighted by Crippen LogP contribution is -2.42. The third-order valence-corrected chi connectivity index (χ3v) is 7.57. The molecule has 3 aliphatic rings. The fraction of sp³-hybridized carbons (Fsp3) is 0.333. The normalized spacial score (nSPS) is 19.8. The topological polar surface area (TPSA) is 54.4 Å². The highest BCUT2D eigenvalue weighted by Gasteiger charge is 2.35. The molecule has 1 fully saturated rings. The minimum absolute atomic E-state index is 0.0736. The van der Waals surface area contributed by atoms with Gasteiger partial charge in [0.2, 0.25) is 6.79 Å². The van der Waals surface area contributed by atoms with Crippen molar-refractivity contribution in [2.24, 2.45) is 11.0 Å². The molecule has 7 heteroatoms. The summed E-state index contributed by atoms with van der Waals surface area (Å²) in [6, 6.07) is 22.6. The Hall–Kier alpha value is -3.71. The molecule has 3 aromatic carbocycles. The maximum absolute atomic E-state index is 14.6. The average Bonchev–Trinajstić information content (AvgIpc) is 3.58. The Balaban J connectivity index is 1.17. The highest BCUT2D eigenvalue weighted by Crippen LogP contribution is 2.39. The van der Waals surface area contributed by atoms with Crippen LogP contribution in [0.5, 0.6) is 11.5 Å². The Kier molecular flexibility index (Phi) is 6.62. The Morgan fingerprint density at radius 3 is 2.51 bits per heavy atom. The number of carbonyl (C=O) groups is 1. The van der Waals surface area contributed by atoms with Crippen molar-refractivity contribution >= 4 is 11.6 Å². The number of rotatable bonds is 6. The molecule has 0 aromatic heterocycles. The van der Waals surface area contributed by atoms with E-state index in [9.17, 15) is 9.18 Å². The number of hydrogen-bond donors (Lipinski definition) is 0. The third kappa shape index (κ3) is 5.09. The van der Waals surface area contributed by atoms with Gasteiger partial charge in [0.25, 0.3) is 5.91 Å². The van der Waals surface area contributed by atoms with Crippen LogP contribution < -0.4 is 9.47 Å². The van der Waals surface area contributed by atoms with E-state index in [1.807, 2.05) is 24.3 Å². The standard InChI is InChI=1S/C30H30FN3O3/c31-25-9-5-4-8-24(25)26-18-27(23-10-11-28-29(17-23)37-20-36-28)34(32-26)30(35)19-33-14-12-22(13-15-33)16-21-6-2-1-3-7-21/h1-11,17,22,27H,12-16,18-20H2/t27-/m0/s1. The average molecular weight is 500 g/mol. The summed E-state index contributed by atoms with van der Waals surface area (Å²) in [6.07, 6.45) is 3.65. The molecule has 6 rings (SSSR count). The van der Waals surface area contributed by atoms with Gasteiger partial charge in [-0.25, -0.2) is 9.40 Å². The zero-order valence-corrected chi connectivity index (χ0v) is 20.7. The fourth-order valence-electron chi connectivity index (χ4n) is 5.54. The van der Waals surface area contributed by atoms with E-state index in [0.717, 1.165) is 37.9 Å². The summed E-state index contributed by atoms with van der Waals surface area (Å²) in [6.45, 7) is 2.25. The molecule has 0 N–H and O–H groups in total. The number of piperidine rings is 1. The predicted octanol–water partition coefficient (Wildman–Crippen LogP) is 5.19. The van der Waals surface area contributed by atoms with Crippen LogP contribution in [0.3, 0.4) is 0 Å². The Bertz CT molecular complexity index is 1300. The molecule has 0 bridgehead atoms. The molecule has 1 amide bonds. The molecule has 1 atom stereocenters. The van der Waals surface area contributed by atoms with Crippen LogP contribution in [0.2, 0.25) is 0 Å². The van der Waals surface area contributed by atoms with E-state index >= 15 is 0 Å². The van der Waals surface area contributed by atoms with Crippen LogP contribution in [0.4, 0.5) is 4.39 Å². The highest BCUT2D eigenvalue weighted by molar-refractivity contribution is 6.03. The van der Waals surface area contributed by atoms with Gasteiger partial charge in [-0.15, -0.1) is 0 Å². The molecular formula is C30H30FN3O3. The number of amides is 1. The minimum atomic E-state index is -0.333. The lowest BCUT2D eigenvalue weighted by atomic mass is 9.90. The quantitative estimate of drug-likeness (QED) is 0.469. The van der Waals surface area contributed by atoms with E-state index < -0.39 is 0 Å². The van der Waals surface area contributed by atoms with Gasteiger partial charge >= 0.3 is 0 Å². The van der Waals surface area contributed by atoms with Crippen LogP contribution in [0, 0.1) is 11.7 Å². The molecule has 37 heavy (non-hydrogen) atoms. The van der Waals surface area contributed by atoms with Crippen molar-refractivity contribution < 1.29 is 18.7 Å². The number of halogens is 1. The first-order valence-electron chi connectivity index (χ1n) is 12.9. The first-order valence-corrected chi connectivity index (χ1v) is 12.9. The van der Waals surface area contributed by atoms with Gasteiger partial charge in [-0.05, 0) is 67.6 Å². The van der Waals surface area contributed by atoms with E-state index in [1.165, 1.54) is 11.6 Å². The number of hydrazone groups is 1. The third-order valence-electron chi connectivity index (χ3n) is 7.57. The van der Waals surface area contributed by atoms with Crippen LogP contribution in [-0.4, -0.2) is 48.0 Å². The maximum atomic E-state index is 14.6. The molecule has 3 aromatic rings. The van der Waals surface area contributed by atoms with Crippen LogP contribution >= 0.6 is 0 Å².